The number of hydrogen-bond donors (Lipinski definition) is 2. The fraction of sp³-hybridized carbons (Fsp3) is 0.889. The molecule has 9 nitrogen and oxygen atoms in total. The van der Waals surface area contributed by atoms with Gasteiger partial charge in [-0.05, 0) is 44.4 Å². The molecule has 46 heavy (non-hydrogen) atoms. The Morgan fingerprint density at radius 3 is 1.93 bits per heavy atom. The third-order valence-electron chi connectivity index (χ3n) is 8.39. The van der Waals surface area contributed by atoms with Crippen molar-refractivity contribution >= 4 is 19.8 Å². The van der Waals surface area contributed by atoms with E-state index in [2.05, 4.69) is 37.4 Å². The van der Waals surface area contributed by atoms with E-state index in [0.29, 0.717) is 25.0 Å². The van der Waals surface area contributed by atoms with E-state index in [4.69, 9.17) is 24.0 Å². The average molecular weight is 675 g/mol. The summed E-state index contributed by atoms with van der Waals surface area (Å²) < 4.78 is 32.1. The number of epoxide rings is 1. The molecule has 0 saturated carbocycles. The van der Waals surface area contributed by atoms with Crippen LogP contribution in [-0.4, -0.2) is 53.3 Å². The number of allylic oxidation sites excluding steroid dienone is 1. The molecule has 270 valence electrons. The molecule has 0 aromatic heterocycles. The zero-order valence-corrected chi connectivity index (χ0v) is 30.2. The van der Waals surface area contributed by atoms with Crippen LogP contribution in [0, 0.1) is 5.92 Å². The van der Waals surface area contributed by atoms with Crippen molar-refractivity contribution in [1.29, 1.82) is 0 Å². The molecule has 0 radical (unpaired) electrons. The fourth-order valence-corrected chi connectivity index (χ4v) is 5.87. The molecule has 1 heterocycles. The minimum Gasteiger partial charge on any atom is -0.462 e. The summed E-state index contributed by atoms with van der Waals surface area (Å²) in [4.78, 5) is 42.7. The van der Waals surface area contributed by atoms with E-state index in [0.717, 1.165) is 70.1 Å². The molecule has 0 aromatic carbocycles. The van der Waals surface area contributed by atoms with Crippen LogP contribution in [0.4, 0.5) is 0 Å². The lowest BCUT2D eigenvalue weighted by Gasteiger charge is -2.18. The zero-order chi connectivity index (χ0) is 33.9. The summed E-state index contributed by atoms with van der Waals surface area (Å²) in [7, 11) is -4.75. The minimum absolute atomic E-state index is 0.208. The Morgan fingerprint density at radius 2 is 1.33 bits per heavy atom. The number of unbranched alkanes of at least 4 members (excludes halogenated alkanes) is 15. The highest BCUT2D eigenvalue weighted by atomic mass is 31.2. The van der Waals surface area contributed by atoms with Crippen LogP contribution < -0.4 is 0 Å². The van der Waals surface area contributed by atoms with Gasteiger partial charge in [0.2, 0.25) is 0 Å². The second-order valence-electron chi connectivity index (χ2n) is 13.4. The zero-order valence-electron chi connectivity index (χ0n) is 29.3. The molecule has 1 fully saturated rings. The molecule has 1 aliphatic heterocycles. The Morgan fingerprint density at radius 1 is 0.739 bits per heavy atom. The van der Waals surface area contributed by atoms with Crippen LogP contribution in [0.1, 0.15) is 168 Å². The average Bonchev–Trinajstić information content (AvgIpc) is 3.75. The normalized spacial score (nSPS) is 17.1. The van der Waals surface area contributed by atoms with Crippen LogP contribution >= 0.6 is 7.82 Å². The van der Waals surface area contributed by atoms with Gasteiger partial charge in [0.15, 0.2) is 6.10 Å². The molecule has 0 spiro atoms. The fourth-order valence-electron chi connectivity index (χ4n) is 5.50. The summed E-state index contributed by atoms with van der Waals surface area (Å²) in [5.74, 6) is -0.123. The van der Waals surface area contributed by atoms with E-state index in [1.54, 1.807) is 0 Å². The Labute approximate surface area is 280 Å². The van der Waals surface area contributed by atoms with Gasteiger partial charge in [-0.2, -0.15) is 0 Å². The first-order valence-corrected chi connectivity index (χ1v) is 20.0. The largest absolute Gasteiger partial charge is 0.469 e. The van der Waals surface area contributed by atoms with Gasteiger partial charge in [-0.3, -0.25) is 14.1 Å². The SMILES string of the molecule is CCCCC/C=C\CC1OC1CCCCCCCC(=O)OC[C@H](COP(=O)(O)O)OC(=O)CCCCCCCCCCCC(C)C. The quantitative estimate of drug-likeness (QED) is 0.0235. The van der Waals surface area contributed by atoms with E-state index in [9.17, 15) is 14.2 Å². The summed E-state index contributed by atoms with van der Waals surface area (Å²) in [6.07, 6.45) is 28.2. The second kappa shape index (κ2) is 27.7. The van der Waals surface area contributed by atoms with Crippen molar-refractivity contribution in [3.63, 3.8) is 0 Å². The van der Waals surface area contributed by atoms with Crippen molar-refractivity contribution in [2.45, 2.75) is 187 Å². The van der Waals surface area contributed by atoms with E-state index >= 15 is 0 Å². The van der Waals surface area contributed by atoms with E-state index in [1.807, 2.05) is 0 Å². The summed E-state index contributed by atoms with van der Waals surface area (Å²) >= 11 is 0. The highest BCUT2D eigenvalue weighted by Gasteiger charge is 2.36. The predicted octanol–water partition coefficient (Wildman–Crippen LogP) is 9.52. The molecular formula is C36H67O9P. The summed E-state index contributed by atoms with van der Waals surface area (Å²) in [6.45, 7) is 5.92. The predicted molar refractivity (Wildman–Crippen MR) is 183 cm³/mol. The molecule has 3 atom stereocenters. The van der Waals surface area contributed by atoms with E-state index in [1.165, 1.54) is 57.8 Å². The van der Waals surface area contributed by atoms with Gasteiger partial charge in [0.25, 0.3) is 0 Å². The topological polar surface area (TPSA) is 132 Å². The number of carbonyl (C=O) groups is 2. The number of carbonyl (C=O) groups excluding carboxylic acids is 2. The lowest BCUT2D eigenvalue weighted by molar-refractivity contribution is -0.161. The minimum atomic E-state index is -4.75. The summed E-state index contributed by atoms with van der Waals surface area (Å²) in [6, 6.07) is 0. The van der Waals surface area contributed by atoms with Crippen LogP contribution in [0.2, 0.25) is 0 Å². The Balaban J connectivity index is 2.10. The number of phosphoric acid groups is 1. The lowest BCUT2D eigenvalue weighted by Crippen LogP contribution is -2.29. The molecule has 2 unspecified atom stereocenters. The van der Waals surface area contributed by atoms with Crippen LogP contribution in [0.3, 0.4) is 0 Å². The number of phosphoric ester groups is 1. The number of esters is 2. The van der Waals surface area contributed by atoms with Crippen molar-refractivity contribution in [1.82, 2.24) is 0 Å². The van der Waals surface area contributed by atoms with Crippen LogP contribution in [0.25, 0.3) is 0 Å². The van der Waals surface area contributed by atoms with Crippen molar-refractivity contribution in [2.24, 2.45) is 5.92 Å². The molecule has 1 saturated heterocycles. The molecular weight excluding hydrogens is 607 g/mol. The van der Waals surface area contributed by atoms with Crippen LogP contribution in [0.5, 0.6) is 0 Å². The maximum absolute atomic E-state index is 12.3. The smallest absolute Gasteiger partial charge is 0.462 e. The van der Waals surface area contributed by atoms with Gasteiger partial charge in [0.1, 0.15) is 6.61 Å². The first kappa shape index (κ1) is 42.8. The van der Waals surface area contributed by atoms with Gasteiger partial charge < -0.3 is 24.0 Å². The van der Waals surface area contributed by atoms with Gasteiger partial charge in [0.05, 0.1) is 18.8 Å². The van der Waals surface area contributed by atoms with Crippen molar-refractivity contribution in [3.8, 4) is 0 Å². The summed E-state index contributed by atoms with van der Waals surface area (Å²) in [5, 5.41) is 0. The molecule has 0 aromatic rings. The standard InChI is InChI=1S/C36H67O9P/c1-4-5-6-7-15-20-25-33-34(45-33)26-21-16-13-18-22-27-35(37)42-29-32(30-43-46(39,40)41)44-36(38)28-23-17-12-10-8-9-11-14-19-24-31(2)3/h15,20,31-34H,4-14,16-19,21-30H2,1-3H3,(H2,39,40,41)/b20-15-/t32-,33?,34?/m1/s1. The second-order valence-corrected chi connectivity index (χ2v) is 14.7. The highest BCUT2D eigenvalue weighted by Crippen LogP contribution is 2.36. The van der Waals surface area contributed by atoms with Crippen LogP contribution in [0.15, 0.2) is 12.2 Å². The lowest BCUT2D eigenvalue weighted by atomic mass is 10.0. The van der Waals surface area contributed by atoms with Gasteiger partial charge in [-0.15, -0.1) is 0 Å². The molecule has 2 N–H and O–H groups in total. The highest BCUT2D eigenvalue weighted by molar-refractivity contribution is 7.46. The first-order valence-electron chi connectivity index (χ1n) is 18.5. The molecule has 0 aliphatic carbocycles. The third kappa shape index (κ3) is 27.8. The van der Waals surface area contributed by atoms with E-state index in [-0.39, 0.29) is 19.4 Å². The maximum atomic E-state index is 12.3. The Kier molecular flexibility index (Phi) is 25.7. The maximum Gasteiger partial charge on any atom is 0.469 e. The van der Waals surface area contributed by atoms with Crippen molar-refractivity contribution < 1.29 is 42.7 Å². The molecule has 0 bridgehead atoms. The Hall–Kier alpha value is -1.25. The first-order chi connectivity index (χ1) is 22.1. The van der Waals surface area contributed by atoms with Gasteiger partial charge >= 0.3 is 19.8 Å². The Bertz CT molecular complexity index is 841. The number of ether oxygens (including phenoxy) is 3. The monoisotopic (exact) mass is 674 g/mol. The molecule has 1 rings (SSSR count). The molecule has 10 heteroatoms. The third-order valence-corrected chi connectivity index (χ3v) is 8.87. The summed E-state index contributed by atoms with van der Waals surface area (Å²) in [5.41, 5.74) is 0. The molecule has 1 aliphatic rings. The van der Waals surface area contributed by atoms with E-state index < -0.39 is 32.5 Å². The van der Waals surface area contributed by atoms with Gasteiger partial charge in [0, 0.05) is 12.8 Å². The number of hydrogen-bond acceptors (Lipinski definition) is 7. The van der Waals surface area contributed by atoms with Crippen molar-refractivity contribution in [2.75, 3.05) is 13.2 Å². The number of rotatable bonds is 32. The van der Waals surface area contributed by atoms with Gasteiger partial charge in [-0.1, -0.05) is 129 Å². The van der Waals surface area contributed by atoms with Crippen molar-refractivity contribution in [3.05, 3.63) is 12.2 Å². The molecule has 0 amide bonds. The van der Waals surface area contributed by atoms with Crippen LogP contribution in [-0.2, 0) is 32.9 Å². The van der Waals surface area contributed by atoms with Gasteiger partial charge in [-0.25, -0.2) is 4.57 Å².